The molecule has 1 unspecified atom stereocenters. The number of rotatable bonds is 5. The molecular weight excluding hydrogens is 260 g/mol. The van der Waals surface area contributed by atoms with Gasteiger partial charge in [-0.1, -0.05) is 6.92 Å². The minimum atomic E-state index is -0.716. The van der Waals surface area contributed by atoms with Crippen molar-refractivity contribution in [2.75, 3.05) is 11.4 Å². The van der Waals surface area contributed by atoms with E-state index in [2.05, 4.69) is 11.8 Å². The number of aliphatic carboxylic acids is 1. The molecule has 1 N–H and O–H groups in total. The maximum atomic E-state index is 11.3. The van der Waals surface area contributed by atoms with E-state index in [1.54, 1.807) is 11.3 Å². The van der Waals surface area contributed by atoms with Crippen molar-refractivity contribution >= 4 is 22.4 Å². The molecule has 0 aliphatic heterocycles. The maximum absolute atomic E-state index is 11.3. The van der Waals surface area contributed by atoms with Crippen LogP contribution in [0.5, 0.6) is 0 Å². The van der Waals surface area contributed by atoms with E-state index in [1.165, 1.54) is 17.7 Å². The highest BCUT2D eigenvalue weighted by Gasteiger charge is 2.34. The Balaban J connectivity index is 1.89. The number of hydrogen-bond donors (Lipinski definition) is 1. The van der Waals surface area contributed by atoms with Gasteiger partial charge in [-0.05, 0) is 38.5 Å². The van der Waals surface area contributed by atoms with Gasteiger partial charge >= 0.3 is 5.97 Å². The number of thiazole rings is 1. The van der Waals surface area contributed by atoms with Gasteiger partial charge in [0.15, 0.2) is 5.13 Å². The van der Waals surface area contributed by atoms with Gasteiger partial charge in [0, 0.05) is 17.5 Å². The standard InChI is InChI=1S/C14H20N2O2S/c1-2-8-16(9-6-7-9)14-15-12-10(13(17)18)4-3-5-11(12)19-14/h9-10H,2-8H2,1H3,(H,17,18). The Morgan fingerprint density at radius 3 is 2.89 bits per heavy atom. The fraction of sp³-hybridized carbons (Fsp3) is 0.714. The van der Waals surface area contributed by atoms with Gasteiger partial charge in [-0.3, -0.25) is 4.79 Å². The molecule has 0 aromatic carbocycles. The van der Waals surface area contributed by atoms with Gasteiger partial charge in [0.25, 0.3) is 0 Å². The second kappa shape index (κ2) is 5.12. The van der Waals surface area contributed by atoms with Crippen LogP contribution in [-0.4, -0.2) is 28.6 Å². The Morgan fingerprint density at radius 2 is 2.26 bits per heavy atom. The lowest BCUT2D eigenvalue weighted by Gasteiger charge is -2.20. The van der Waals surface area contributed by atoms with Gasteiger partial charge in [-0.2, -0.15) is 0 Å². The van der Waals surface area contributed by atoms with E-state index in [-0.39, 0.29) is 5.92 Å². The summed E-state index contributed by atoms with van der Waals surface area (Å²) in [6.45, 7) is 3.22. The molecule has 1 fully saturated rings. The molecule has 5 heteroatoms. The van der Waals surface area contributed by atoms with Gasteiger partial charge in [0.2, 0.25) is 0 Å². The lowest BCUT2D eigenvalue weighted by molar-refractivity contribution is -0.139. The van der Waals surface area contributed by atoms with E-state index in [4.69, 9.17) is 4.98 Å². The molecule has 2 aliphatic carbocycles. The summed E-state index contributed by atoms with van der Waals surface area (Å²) in [6.07, 6.45) is 6.34. The van der Waals surface area contributed by atoms with Crippen LogP contribution >= 0.6 is 11.3 Å². The molecule has 0 saturated heterocycles. The van der Waals surface area contributed by atoms with Gasteiger partial charge in [0.05, 0.1) is 5.69 Å². The number of fused-ring (bicyclic) bond motifs is 1. The first-order valence-electron chi connectivity index (χ1n) is 7.19. The summed E-state index contributed by atoms with van der Waals surface area (Å²) in [5.74, 6) is -1.09. The third-order valence-electron chi connectivity index (χ3n) is 3.94. The summed E-state index contributed by atoms with van der Waals surface area (Å²) in [5.41, 5.74) is 0.848. The summed E-state index contributed by atoms with van der Waals surface area (Å²) >= 11 is 1.72. The van der Waals surface area contributed by atoms with Gasteiger partial charge in [-0.15, -0.1) is 11.3 Å². The maximum Gasteiger partial charge on any atom is 0.312 e. The summed E-state index contributed by atoms with van der Waals surface area (Å²) in [4.78, 5) is 19.6. The van der Waals surface area contributed by atoms with Crippen LogP contribution in [0.25, 0.3) is 0 Å². The van der Waals surface area contributed by atoms with E-state index in [9.17, 15) is 9.90 Å². The summed E-state index contributed by atoms with van der Waals surface area (Å²) in [7, 11) is 0. The minimum Gasteiger partial charge on any atom is -0.481 e. The topological polar surface area (TPSA) is 53.4 Å². The predicted molar refractivity (Wildman–Crippen MR) is 76.1 cm³/mol. The summed E-state index contributed by atoms with van der Waals surface area (Å²) in [6, 6.07) is 0.649. The Morgan fingerprint density at radius 1 is 1.47 bits per heavy atom. The largest absolute Gasteiger partial charge is 0.481 e. The first kappa shape index (κ1) is 12.9. The molecule has 1 aromatic heterocycles. The SMILES string of the molecule is CCCN(c1nc2c(s1)CCCC2C(=O)O)C1CC1. The highest BCUT2D eigenvalue weighted by atomic mass is 32.1. The van der Waals surface area contributed by atoms with Crippen LogP contribution in [0.3, 0.4) is 0 Å². The molecule has 3 rings (SSSR count). The number of hydrogen-bond acceptors (Lipinski definition) is 4. The molecular formula is C14H20N2O2S. The Bertz CT molecular complexity index is 482. The zero-order chi connectivity index (χ0) is 13.4. The van der Waals surface area contributed by atoms with Crippen LogP contribution < -0.4 is 4.90 Å². The Hall–Kier alpha value is -1.10. The van der Waals surface area contributed by atoms with Crippen molar-refractivity contribution in [3.63, 3.8) is 0 Å². The van der Waals surface area contributed by atoms with Crippen molar-refractivity contribution in [3.05, 3.63) is 10.6 Å². The zero-order valence-electron chi connectivity index (χ0n) is 11.3. The molecule has 4 nitrogen and oxygen atoms in total. The predicted octanol–water partition coefficient (Wildman–Crippen LogP) is 3.03. The van der Waals surface area contributed by atoms with Crippen molar-refractivity contribution in [2.24, 2.45) is 0 Å². The van der Waals surface area contributed by atoms with Gasteiger partial charge < -0.3 is 10.0 Å². The average molecular weight is 280 g/mol. The molecule has 104 valence electrons. The molecule has 0 spiro atoms. The van der Waals surface area contributed by atoms with Crippen LogP contribution in [0.4, 0.5) is 5.13 Å². The molecule has 1 saturated carbocycles. The van der Waals surface area contributed by atoms with E-state index in [0.29, 0.717) is 6.04 Å². The van der Waals surface area contributed by atoms with Crippen molar-refractivity contribution in [1.82, 2.24) is 4.98 Å². The number of carboxylic acid groups (broad SMARTS) is 1. The van der Waals surface area contributed by atoms with Crippen LogP contribution in [-0.2, 0) is 11.2 Å². The zero-order valence-corrected chi connectivity index (χ0v) is 12.1. The van der Waals surface area contributed by atoms with Crippen molar-refractivity contribution in [2.45, 2.75) is 57.4 Å². The second-order valence-corrected chi connectivity index (χ2v) is 6.57. The van der Waals surface area contributed by atoms with E-state index in [1.807, 2.05) is 0 Å². The molecule has 0 bridgehead atoms. The second-order valence-electron chi connectivity index (χ2n) is 5.51. The van der Waals surface area contributed by atoms with Crippen molar-refractivity contribution < 1.29 is 9.90 Å². The molecule has 0 amide bonds. The van der Waals surface area contributed by atoms with Gasteiger partial charge in [-0.25, -0.2) is 4.98 Å². The van der Waals surface area contributed by atoms with Crippen LogP contribution in [0.15, 0.2) is 0 Å². The lowest BCUT2D eigenvalue weighted by Crippen LogP contribution is -2.26. The fourth-order valence-electron chi connectivity index (χ4n) is 2.83. The number of aryl methyl sites for hydroxylation is 1. The lowest BCUT2D eigenvalue weighted by atomic mass is 9.91. The number of carbonyl (C=O) groups is 1. The van der Waals surface area contributed by atoms with Crippen molar-refractivity contribution in [3.8, 4) is 0 Å². The molecule has 19 heavy (non-hydrogen) atoms. The number of aromatic nitrogens is 1. The van der Waals surface area contributed by atoms with Crippen LogP contribution in [0, 0.1) is 0 Å². The molecule has 1 heterocycles. The van der Waals surface area contributed by atoms with Crippen LogP contribution in [0.1, 0.15) is 55.5 Å². The molecule has 1 atom stereocenters. The third kappa shape index (κ3) is 2.48. The fourth-order valence-corrected chi connectivity index (χ4v) is 4.09. The normalized spacial score (nSPS) is 22.1. The Labute approximate surface area is 117 Å². The highest BCUT2D eigenvalue weighted by Crippen LogP contribution is 2.41. The molecule has 1 aromatic rings. The number of carboxylic acids is 1. The highest BCUT2D eigenvalue weighted by molar-refractivity contribution is 7.15. The van der Waals surface area contributed by atoms with Crippen molar-refractivity contribution in [1.29, 1.82) is 0 Å². The molecule has 2 aliphatic rings. The summed E-state index contributed by atoms with van der Waals surface area (Å²) < 4.78 is 0. The van der Waals surface area contributed by atoms with E-state index < -0.39 is 5.97 Å². The first-order chi connectivity index (χ1) is 9.20. The monoisotopic (exact) mass is 280 g/mol. The summed E-state index contributed by atoms with van der Waals surface area (Å²) in [5, 5.41) is 10.4. The van der Waals surface area contributed by atoms with Gasteiger partial charge in [0.1, 0.15) is 5.92 Å². The quantitative estimate of drug-likeness (QED) is 0.900. The van der Waals surface area contributed by atoms with E-state index >= 15 is 0 Å². The smallest absolute Gasteiger partial charge is 0.312 e. The Kier molecular flexibility index (Phi) is 3.48. The average Bonchev–Trinajstić information content (AvgIpc) is 3.13. The molecule has 0 radical (unpaired) electrons. The minimum absolute atomic E-state index is 0.378. The first-order valence-corrected chi connectivity index (χ1v) is 8.01. The third-order valence-corrected chi connectivity index (χ3v) is 5.11. The number of anilines is 1. The van der Waals surface area contributed by atoms with Crippen LogP contribution in [0.2, 0.25) is 0 Å². The van der Waals surface area contributed by atoms with E-state index in [0.717, 1.165) is 43.1 Å². The number of nitrogens with zero attached hydrogens (tertiary/aromatic N) is 2.